The molecular weight excluding hydrogens is 266 g/mol. The van der Waals surface area contributed by atoms with E-state index in [1.165, 1.54) is 6.20 Å². The summed E-state index contributed by atoms with van der Waals surface area (Å²) in [5.74, 6) is -0.0439. The van der Waals surface area contributed by atoms with E-state index >= 15 is 0 Å². The number of nitrogens with one attached hydrogen (secondary N) is 1. The molecule has 19 heavy (non-hydrogen) atoms. The molecule has 1 aliphatic rings. The van der Waals surface area contributed by atoms with E-state index < -0.39 is 0 Å². The van der Waals surface area contributed by atoms with Gasteiger partial charge in [-0.2, -0.15) is 0 Å². The second kappa shape index (κ2) is 6.02. The molecule has 102 valence electrons. The van der Waals surface area contributed by atoms with E-state index in [1.807, 2.05) is 6.92 Å². The quantitative estimate of drug-likeness (QED) is 0.850. The van der Waals surface area contributed by atoms with Gasteiger partial charge in [-0.25, -0.2) is 4.98 Å². The van der Waals surface area contributed by atoms with E-state index in [2.05, 4.69) is 10.3 Å². The maximum atomic E-state index is 11.9. The number of carbonyl (C=O) groups is 2. The molecule has 0 saturated carbocycles. The minimum absolute atomic E-state index is 0.0924. The van der Waals surface area contributed by atoms with Gasteiger partial charge in [0.15, 0.2) is 0 Å². The molecule has 0 bridgehead atoms. The number of hydrogen-bond donors (Lipinski definition) is 1. The highest BCUT2D eigenvalue weighted by Crippen LogP contribution is 2.10. The Balaban J connectivity index is 1.87. The van der Waals surface area contributed by atoms with Crippen molar-refractivity contribution in [1.82, 2.24) is 15.2 Å². The summed E-state index contributed by atoms with van der Waals surface area (Å²) in [6, 6.07) is 3.11. The SMILES string of the molecule is CC(CN1CCCC1=O)NC(=O)c1ccc(Cl)nc1. The Labute approximate surface area is 117 Å². The Kier molecular flexibility index (Phi) is 4.37. The van der Waals surface area contributed by atoms with Crippen molar-refractivity contribution in [3.8, 4) is 0 Å². The predicted octanol–water partition coefficient (Wildman–Crippen LogP) is 1.48. The number of halogens is 1. The number of nitrogens with zero attached hydrogens (tertiary/aromatic N) is 2. The average Bonchev–Trinajstić information content (AvgIpc) is 2.75. The predicted molar refractivity (Wildman–Crippen MR) is 72.0 cm³/mol. The maximum absolute atomic E-state index is 11.9. The first-order valence-electron chi connectivity index (χ1n) is 6.26. The Bertz CT molecular complexity index is 475. The number of likely N-dealkylation sites (tertiary alicyclic amines) is 1. The largest absolute Gasteiger partial charge is 0.348 e. The van der Waals surface area contributed by atoms with Gasteiger partial charge in [-0.05, 0) is 25.5 Å². The fraction of sp³-hybridized carbons (Fsp3) is 0.462. The molecule has 1 aliphatic heterocycles. The highest BCUT2D eigenvalue weighted by molar-refractivity contribution is 6.29. The summed E-state index contributed by atoms with van der Waals surface area (Å²) in [7, 11) is 0. The first-order chi connectivity index (χ1) is 9.06. The molecule has 0 radical (unpaired) electrons. The molecule has 2 rings (SSSR count). The van der Waals surface area contributed by atoms with Gasteiger partial charge in [0.05, 0.1) is 5.56 Å². The molecule has 2 heterocycles. The summed E-state index contributed by atoms with van der Waals surface area (Å²) in [4.78, 5) is 29.1. The number of aromatic nitrogens is 1. The number of amides is 2. The van der Waals surface area contributed by atoms with Gasteiger partial charge in [0.2, 0.25) is 5.91 Å². The van der Waals surface area contributed by atoms with Crippen LogP contribution in [0, 0.1) is 0 Å². The third-order valence-corrected chi connectivity index (χ3v) is 3.26. The molecule has 0 aromatic carbocycles. The Hall–Kier alpha value is -1.62. The molecule has 0 spiro atoms. The molecule has 1 saturated heterocycles. The molecular formula is C13H16ClN3O2. The maximum Gasteiger partial charge on any atom is 0.253 e. The Morgan fingerprint density at radius 3 is 2.95 bits per heavy atom. The number of rotatable bonds is 4. The molecule has 6 heteroatoms. The van der Waals surface area contributed by atoms with Gasteiger partial charge in [-0.15, -0.1) is 0 Å². The van der Waals surface area contributed by atoms with Crippen molar-refractivity contribution < 1.29 is 9.59 Å². The number of carbonyl (C=O) groups excluding carboxylic acids is 2. The standard InChI is InChI=1S/C13H16ClN3O2/c1-9(8-17-6-2-3-12(17)18)16-13(19)10-4-5-11(14)15-7-10/h4-5,7,9H,2-3,6,8H2,1H3,(H,16,19). The smallest absolute Gasteiger partial charge is 0.253 e. The summed E-state index contributed by atoms with van der Waals surface area (Å²) >= 11 is 5.66. The van der Waals surface area contributed by atoms with Gasteiger partial charge < -0.3 is 10.2 Å². The monoisotopic (exact) mass is 281 g/mol. The lowest BCUT2D eigenvalue weighted by molar-refractivity contribution is -0.127. The minimum Gasteiger partial charge on any atom is -0.348 e. The summed E-state index contributed by atoms with van der Waals surface area (Å²) in [6.07, 6.45) is 2.95. The molecule has 1 aromatic heterocycles. The van der Waals surface area contributed by atoms with Crippen LogP contribution in [-0.4, -0.2) is 40.8 Å². The van der Waals surface area contributed by atoms with Crippen LogP contribution in [-0.2, 0) is 4.79 Å². The second-order valence-electron chi connectivity index (χ2n) is 4.69. The molecule has 0 aliphatic carbocycles. The van der Waals surface area contributed by atoms with Crippen molar-refractivity contribution in [2.75, 3.05) is 13.1 Å². The number of hydrogen-bond acceptors (Lipinski definition) is 3. The zero-order chi connectivity index (χ0) is 13.8. The van der Waals surface area contributed by atoms with Crippen LogP contribution >= 0.6 is 11.6 Å². The van der Waals surface area contributed by atoms with Crippen molar-refractivity contribution in [2.24, 2.45) is 0 Å². The van der Waals surface area contributed by atoms with Gasteiger partial charge in [0.1, 0.15) is 5.15 Å². The highest BCUT2D eigenvalue weighted by Gasteiger charge is 2.22. The van der Waals surface area contributed by atoms with Crippen LogP contribution in [0.15, 0.2) is 18.3 Å². The molecule has 5 nitrogen and oxygen atoms in total. The van der Waals surface area contributed by atoms with E-state index in [0.717, 1.165) is 13.0 Å². The molecule has 1 atom stereocenters. The van der Waals surface area contributed by atoms with Crippen LogP contribution < -0.4 is 5.32 Å². The van der Waals surface area contributed by atoms with Crippen LogP contribution in [0.5, 0.6) is 0 Å². The minimum atomic E-state index is -0.205. The van der Waals surface area contributed by atoms with Gasteiger partial charge >= 0.3 is 0 Å². The first kappa shape index (κ1) is 13.8. The normalized spacial score (nSPS) is 16.5. The van der Waals surface area contributed by atoms with E-state index in [1.54, 1.807) is 17.0 Å². The van der Waals surface area contributed by atoms with E-state index in [-0.39, 0.29) is 17.9 Å². The van der Waals surface area contributed by atoms with Crippen molar-refractivity contribution in [1.29, 1.82) is 0 Å². The molecule has 1 fully saturated rings. The summed E-state index contributed by atoms with van der Waals surface area (Å²) in [6.45, 7) is 3.21. The summed E-state index contributed by atoms with van der Waals surface area (Å²) in [5.41, 5.74) is 0.462. The molecule has 1 N–H and O–H groups in total. The van der Waals surface area contributed by atoms with Crippen molar-refractivity contribution in [3.05, 3.63) is 29.0 Å². The average molecular weight is 282 g/mol. The van der Waals surface area contributed by atoms with E-state index in [4.69, 9.17) is 11.6 Å². The fourth-order valence-corrected chi connectivity index (χ4v) is 2.20. The van der Waals surface area contributed by atoms with Crippen LogP contribution in [0.1, 0.15) is 30.1 Å². The lowest BCUT2D eigenvalue weighted by Crippen LogP contribution is -2.42. The van der Waals surface area contributed by atoms with Gasteiger partial charge in [0.25, 0.3) is 5.91 Å². The van der Waals surface area contributed by atoms with Crippen molar-refractivity contribution >= 4 is 23.4 Å². The lowest BCUT2D eigenvalue weighted by atomic mass is 10.2. The highest BCUT2D eigenvalue weighted by atomic mass is 35.5. The topological polar surface area (TPSA) is 62.3 Å². The van der Waals surface area contributed by atoms with Crippen LogP contribution in [0.3, 0.4) is 0 Å². The zero-order valence-corrected chi connectivity index (χ0v) is 11.5. The van der Waals surface area contributed by atoms with Gasteiger partial charge in [-0.3, -0.25) is 9.59 Å². The van der Waals surface area contributed by atoms with Crippen LogP contribution in [0.4, 0.5) is 0 Å². The second-order valence-corrected chi connectivity index (χ2v) is 5.07. The number of pyridine rings is 1. The molecule has 1 aromatic rings. The van der Waals surface area contributed by atoms with Gasteiger partial charge in [0, 0.05) is 31.7 Å². The van der Waals surface area contributed by atoms with Crippen molar-refractivity contribution in [2.45, 2.75) is 25.8 Å². The fourth-order valence-electron chi connectivity index (χ4n) is 2.09. The van der Waals surface area contributed by atoms with Gasteiger partial charge in [-0.1, -0.05) is 11.6 Å². The lowest BCUT2D eigenvalue weighted by Gasteiger charge is -2.21. The third kappa shape index (κ3) is 3.67. The Morgan fingerprint density at radius 2 is 2.37 bits per heavy atom. The van der Waals surface area contributed by atoms with Crippen LogP contribution in [0.25, 0.3) is 0 Å². The van der Waals surface area contributed by atoms with E-state index in [0.29, 0.717) is 23.7 Å². The van der Waals surface area contributed by atoms with Crippen LogP contribution in [0.2, 0.25) is 5.15 Å². The molecule has 1 unspecified atom stereocenters. The first-order valence-corrected chi connectivity index (χ1v) is 6.64. The molecule has 2 amide bonds. The van der Waals surface area contributed by atoms with E-state index in [9.17, 15) is 9.59 Å². The Morgan fingerprint density at radius 1 is 1.58 bits per heavy atom. The summed E-state index contributed by atoms with van der Waals surface area (Å²) in [5, 5.41) is 3.20. The van der Waals surface area contributed by atoms with Crippen molar-refractivity contribution in [3.63, 3.8) is 0 Å². The summed E-state index contributed by atoms with van der Waals surface area (Å²) < 4.78 is 0. The third-order valence-electron chi connectivity index (χ3n) is 3.03. The zero-order valence-electron chi connectivity index (χ0n) is 10.7.